The van der Waals surface area contributed by atoms with Gasteiger partial charge in [-0.25, -0.2) is 0 Å². The van der Waals surface area contributed by atoms with Gasteiger partial charge in [-0.05, 0) is 24.3 Å². The first-order valence-corrected chi connectivity index (χ1v) is 6.89. The molecule has 1 atom stereocenters. The Morgan fingerprint density at radius 1 is 1.37 bits per heavy atom. The highest BCUT2D eigenvalue weighted by atomic mass is 79.9. The lowest BCUT2D eigenvalue weighted by molar-refractivity contribution is -0.117. The molecule has 2 heterocycles. The van der Waals surface area contributed by atoms with Gasteiger partial charge in [-0.15, -0.1) is 0 Å². The van der Waals surface area contributed by atoms with E-state index in [9.17, 15) is 4.79 Å². The van der Waals surface area contributed by atoms with Gasteiger partial charge in [-0.1, -0.05) is 22.0 Å². The van der Waals surface area contributed by atoms with Crippen molar-refractivity contribution in [2.24, 2.45) is 0 Å². The quantitative estimate of drug-likeness (QED) is 0.910. The number of halogens is 1. The molecule has 4 nitrogen and oxygen atoms in total. The summed E-state index contributed by atoms with van der Waals surface area (Å²) in [5.74, 6) is 0.912. The van der Waals surface area contributed by atoms with E-state index < -0.39 is 0 Å². The van der Waals surface area contributed by atoms with Gasteiger partial charge in [0.05, 0.1) is 6.26 Å². The van der Waals surface area contributed by atoms with Crippen molar-refractivity contribution in [3.63, 3.8) is 0 Å². The van der Waals surface area contributed by atoms with Crippen molar-refractivity contribution >= 4 is 27.5 Å². The molecule has 1 aromatic carbocycles. The molecule has 98 valence electrons. The Hall–Kier alpha value is -1.59. The maximum Gasteiger partial charge on any atom is 0.246 e. The standard InChI is InChI=1S/C14H13BrN2O2/c15-9-3-4-11-12(8-9)17-14(18)13(11)16-6-5-10-2-1-7-19-10/h1-4,7-8,13,16H,5-6H2,(H,17,18). The third-order valence-electron chi connectivity index (χ3n) is 3.15. The van der Waals surface area contributed by atoms with E-state index in [2.05, 4.69) is 26.6 Å². The molecule has 1 aliphatic heterocycles. The van der Waals surface area contributed by atoms with Crippen molar-refractivity contribution in [2.45, 2.75) is 12.5 Å². The van der Waals surface area contributed by atoms with Crippen LogP contribution in [0.15, 0.2) is 45.5 Å². The van der Waals surface area contributed by atoms with Crippen LogP contribution in [0, 0.1) is 0 Å². The molecule has 0 aliphatic carbocycles. The number of benzene rings is 1. The number of fused-ring (bicyclic) bond motifs is 1. The zero-order valence-electron chi connectivity index (χ0n) is 10.2. The number of amides is 1. The second kappa shape index (κ2) is 5.19. The minimum absolute atomic E-state index is 0.00690. The van der Waals surface area contributed by atoms with Crippen molar-refractivity contribution in [1.82, 2.24) is 5.32 Å². The van der Waals surface area contributed by atoms with Crippen LogP contribution < -0.4 is 10.6 Å². The summed E-state index contributed by atoms with van der Waals surface area (Å²) in [7, 11) is 0. The molecule has 0 fully saturated rings. The number of carbonyl (C=O) groups excluding carboxylic acids is 1. The molecule has 1 unspecified atom stereocenters. The molecule has 19 heavy (non-hydrogen) atoms. The van der Waals surface area contributed by atoms with Crippen LogP contribution in [0.1, 0.15) is 17.4 Å². The van der Waals surface area contributed by atoms with Crippen LogP contribution in [0.5, 0.6) is 0 Å². The predicted molar refractivity (Wildman–Crippen MR) is 75.9 cm³/mol. The predicted octanol–water partition coefficient (Wildman–Crippen LogP) is 2.87. The van der Waals surface area contributed by atoms with Gasteiger partial charge in [-0.3, -0.25) is 4.79 Å². The maximum atomic E-state index is 11.9. The first-order valence-electron chi connectivity index (χ1n) is 6.10. The van der Waals surface area contributed by atoms with E-state index in [1.807, 2.05) is 30.3 Å². The van der Waals surface area contributed by atoms with Gasteiger partial charge < -0.3 is 15.1 Å². The largest absolute Gasteiger partial charge is 0.469 e. The highest BCUT2D eigenvalue weighted by molar-refractivity contribution is 9.10. The average Bonchev–Trinajstić information content (AvgIpc) is 2.98. The summed E-state index contributed by atoms with van der Waals surface area (Å²) in [5.41, 5.74) is 1.86. The number of nitrogens with one attached hydrogen (secondary N) is 2. The summed E-state index contributed by atoms with van der Waals surface area (Å²) in [5, 5.41) is 6.14. The molecule has 2 N–H and O–H groups in total. The number of carbonyl (C=O) groups is 1. The van der Waals surface area contributed by atoms with Crippen LogP contribution in [0.3, 0.4) is 0 Å². The van der Waals surface area contributed by atoms with Crippen molar-refractivity contribution in [1.29, 1.82) is 0 Å². The third-order valence-corrected chi connectivity index (χ3v) is 3.64. The second-order valence-electron chi connectivity index (χ2n) is 4.44. The fraction of sp³-hybridized carbons (Fsp3) is 0.214. The van der Waals surface area contributed by atoms with E-state index in [-0.39, 0.29) is 11.9 Å². The zero-order chi connectivity index (χ0) is 13.2. The first kappa shape index (κ1) is 12.4. The summed E-state index contributed by atoms with van der Waals surface area (Å²) < 4.78 is 6.22. The Morgan fingerprint density at radius 2 is 2.26 bits per heavy atom. The van der Waals surface area contributed by atoms with Crippen molar-refractivity contribution in [3.8, 4) is 0 Å². The molecule has 1 aromatic heterocycles. The van der Waals surface area contributed by atoms with E-state index >= 15 is 0 Å². The lowest BCUT2D eigenvalue weighted by Crippen LogP contribution is -2.29. The Morgan fingerprint density at radius 3 is 3.05 bits per heavy atom. The number of anilines is 1. The Kier molecular flexibility index (Phi) is 3.40. The van der Waals surface area contributed by atoms with E-state index in [4.69, 9.17) is 4.42 Å². The average molecular weight is 321 g/mol. The van der Waals surface area contributed by atoms with E-state index in [1.165, 1.54) is 0 Å². The summed E-state index contributed by atoms with van der Waals surface area (Å²) in [4.78, 5) is 11.9. The smallest absolute Gasteiger partial charge is 0.246 e. The Bertz CT molecular complexity index is 595. The SMILES string of the molecule is O=C1Nc2cc(Br)ccc2C1NCCc1ccco1. The topological polar surface area (TPSA) is 54.3 Å². The minimum atomic E-state index is -0.280. The van der Waals surface area contributed by atoms with E-state index in [1.54, 1.807) is 6.26 Å². The van der Waals surface area contributed by atoms with Gasteiger partial charge in [0.2, 0.25) is 5.91 Å². The number of hydrogen-bond acceptors (Lipinski definition) is 3. The second-order valence-corrected chi connectivity index (χ2v) is 5.35. The lowest BCUT2D eigenvalue weighted by Gasteiger charge is -2.10. The van der Waals surface area contributed by atoms with E-state index in [0.29, 0.717) is 6.54 Å². The fourth-order valence-electron chi connectivity index (χ4n) is 2.23. The highest BCUT2D eigenvalue weighted by Gasteiger charge is 2.29. The molecule has 0 saturated carbocycles. The molecular weight excluding hydrogens is 308 g/mol. The van der Waals surface area contributed by atoms with Crippen LogP contribution in [0.4, 0.5) is 5.69 Å². The molecule has 0 saturated heterocycles. The van der Waals surface area contributed by atoms with Crippen molar-refractivity contribution in [3.05, 3.63) is 52.4 Å². The van der Waals surface area contributed by atoms with Gasteiger partial charge in [0, 0.05) is 28.7 Å². The summed E-state index contributed by atoms with van der Waals surface area (Å²) in [6.07, 6.45) is 2.42. The molecule has 5 heteroatoms. The lowest BCUT2D eigenvalue weighted by atomic mass is 10.1. The van der Waals surface area contributed by atoms with Crippen LogP contribution >= 0.6 is 15.9 Å². The van der Waals surface area contributed by atoms with Crippen LogP contribution in [-0.2, 0) is 11.2 Å². The number of furan rings is 1. The van der Waals surface area contributed by atoms with Crippen molar-refractivity contribution in [2.75, 3.05) is 11.9 Å². The van der Waals surface area contributed by atoms with Gasteiger partial charge in [0.15, 0.2) is 0 Å². The monoisotopic (exact) mass is 320 g/mol. The molecular formula is C14H13BrN2O2. The molecule has 1 aliphatic rings. The van der Waals surface area contributed by atoms with Crippen LogP contribution in [-0.4, -0.2) is 12.5 Å². The van der Waals surface area contributed by atoms with E-state index in [0.717, 1.165) is 27.9 Å². The first-order chi connectivity index (χ1) is 9.24. The number of rotatable bonds is 4. The van der Waals surface area contributed by atoms with Gasteiger partial charge in [-0.2, -0.15) is 0 Å². The minimum Gasteiger partial charge on any atom is -0.469 e. The Balaban J connectivity index is 1.67. The van der Waals surface area contributed by atoms with Gasteiger partial charge >= 0.3 is 0 Å². The third kappa shape index (κ3) is 2.57. The molecule has 0 bridgehead atoms. The van der Waals surface area contributed by atoms with Crippen LogP contribution in [0.2, 0.25) is 0 Å². The maximum absolute atomic E-state index is 11.9. The normalized spacial score (nSPS) is 17.3. The zero-order valence-corrected chi connectivity index (χ0v) is 11.7. The summed E-state index contributed by atoms with van der Waals surface area (Å²) in [6.45, 7) is 0.696. The summed E-state index contributed by atoms with van der Waals surface area (Å²) >= 11 is 3.40. The molecule has 2 aromatic rings. The van der Waals surface area contributed by atoms with Crippen LogP contribution in [0.25, 0.3) is 0 Å². The molecule has 0 spiro atoms. The summed E-state index contributed by atoms with van der Waals surface area (Å²) in [6, 6.07) is 9.34. The Labute approximate surface area is 119 Å². The highest BCUT2D eigenvalue weighted by Crippen LogP contribution is 2.32. The van der Waals surface area contributed by atoms with Gasteiger partial charge in [0.1, 0.15) is 11.8 Å². The van der Waals surface area contributed by atoms with Gasteiger partial charge in [0.25, 0.3) is 0 Å². The number of hydrogen-bond donors (Lipinski definition) is 2. The fourth-order valence-corrected chi connectivity index (χ4v) is 2.59. The van der Waals surface area contributed by atoms with Crippen molar-refractivity contribution < 1.29 is 9.21 Å². The molecule has 3 rings (SSSR count). The molecule has 1 amide bonds. The molecule has 0 radical (unpaired) electrons.